The summed E-state index contributed by atoms with van der Waals surface area (Å²) in [5.41, 5.74) is 0. The minimum Gasteiger partial charge on any atom is -0.407 e. The first-order valence-electron chi connectivity index (χ1n) is 10.2. The van der Waals surface area contributed by atoms with Crippen LogP contribution < -0.4 is 0 Å². The molecule has 1 spiro atoms. The highest BCUT2D eigenvalue weighted by atomic mass is 32.2. The van der Waals surface area contributed by atoms with Crippen molar-refractivity contribution < 1.29 is 13.6 Å². The largest absolute Gasteiger partial charge is 0.407 e. The van der Waals surface area contributed by atoms with Gasteiger partial charge < -0.3 is 8.85 Å². The van der Waals surface area contributed by atoms with Gasteiger partial charge in [0, 0.05) is 24.3 Å². The van der Waals surface area contributed by atoms with Gasteiger partial charge in [-0.2, -0.15) is 0 Å². The summed E-state index contributed by atoms with van der Waals surface area (Å²) in [6, 6.07) is 0. The molecule has 1 saturated carbocycles. The van der Waals surface area contributed by atoms with E-state index in [-0.39, 0.29) is 32.1 Å². The second kappa shape index (κ2) is 7.76. The number of hydrogen-bond donors (Lipinski definition) is 0. The maximum atomic E-state index is 13.5. The molecule has 1 aliphatic carbocycles. The van der Waals surface area contributed by atoms with Crippen molar-refractivity contribution in [2.75, 3.05) is 11.5 Å². The number of rotatable bonds is 4. The Kier molecular flexibility index (Phi) is 6.90. The average Bonchev–Trinajstić information content (AvgIpc) is 2.89. The first-order chi connectivity index (χ1) is 12.0. The van der Waals surface area contributed by atoms with Crippen molar-refractivity contribution in [2.45, 2.75) is 107 Å². The normalized spacial score (nSPS) is 27.4. The lowest BCUT2D eigenvalue weighted by Gasteiger charge is -2.47. The van der Waals surface area contributed by atoms with Crippen molar-refractivity contribution >= 4 is 45.9 Å². The summed E-state index contributed by atoms with van der Waals surface area (Å²) in [5, 5.41) is 0.202. The Bertz CT molecular complexity index is 517. The van der Waals surface area contributed by atoms with Gasteiger partial charge in [0.1, 0.15) is 12.2 Å². The Balaban J connectivity index is 2.29. The summed E-state index contributed by atoms with van der Waals surface area (Å²) in [5.74, 6) is 2.53. The number of Topliss-reactive ketones (excluding diaryl/α,β-unsaturated/α-hetero) is 1. The van der Waals surface area contributed by atoms with E-state index in [0.29, 0.717) is 0 Å². The fourth-order valence-electron chi connectivity index (χ4n) is 3.05. The third kappa shape index (κ3) is 5.26. The summed E-state index contributed by atoms with van der Waals surface area (Å²) in [6.07, 6.45) is 1.05. The third-order valence-electron chi connectivity index (χ3n) is 6.93. The van der Waals surface area contributed by atoms with Gasteiger partial charge >= 0.3 is 0 Å². The van der Waals surface area contributed by atoms with Crippen molar-refractivity contribution in [2.24, 2.45) is 0 Å². The molecule has 2 rings (SSSR count). The SMILES string of the molecule is CC(C)(C)[Si](C)(C)O[C@H]1CC2(C[C@@H](O[Si](C)(C)C(C)(C)C)C1=O)SCCS2. The molecule has 1 heterocycles. The van der Waals surface area contributed by atoms with Crippen molar-refractivity contribution in [1.29, 1.82) is 0 Å². The van der Waals surface area contributed by atoms with Gasteiger partial charge in [0.05, 0.1) is 4.08 Å². The summed E-state index contributed by atoms with van der Waals surface area (Å²) in [4.78, 5) is 13.5. The van der Waals surface area contributed by atoms with Crippen LogP contribution in [0.15, 0.2) is 0 Å². The molecule has 1 saturated heterocycles. The van der Waals surface area contributed by atoms with Crippen LogP contribution in [-0.2, 0) is 13.6 Å². The van der Waals surface area contributed by atoms with Crippen molar-refractivity contribution in [3.8, 4) is 0 Å². The fraction of sp³-hybridized carbons (Fsp3) is 0.950. The first kappa shape index (κ1) is 24.0. The zero-order valence-electron chi connectivity index (χ0n) is 19.0. The molecule has 2 atom stereocenters. The van der Waals surface area contributed by atoms with Gasteiger partial charge in [0.2, 0.25) is 0 Å². The average molecular weight is 449 g/mol. The number of hydrogen-bond acceptors (Lipinski definition) is 5. The molecule has 27 heavy (non-hydrogen) atoms. The summed E-state index contributed by atoms with van der Waals surface area (Å²) < 4.78 is 13.4. The van der Waals surface area contributed by atoms with Gasteiger partial charge in [-0.15, -0.1) is 23.5 Å². The fourth-order valence-corrected chi connectivity index (χ4v) is 8.90. The van der Waals surface area contributed by atoms with Gasteiger partial charge in [0.15, 0.2) is 22.4 Å². The van der Waals surface area contributed by atoms with Crippen LogP contribution in [0.4, 0.5) is 0 Å². The van der Waals surface area contributed by atoms with Crippen molar-refractivity contribution in [3.05, 3.63) is 0 Å². The smallest absolute Gasteiger partial charge is 0.193 e. The molecule has 0 aromatic rings. The monoisotopic (exact) mass is 448 g/mol. The summed E-state index contributed by atoms with van der Waals surface area (Å²) >= 11 is 4.05. The molecule has 2 fully saturated rings. The van der Waals surface area contributed by atoms with E-state index in [1.165, 1.54) is 11.5 Å². The van der Waals surface area contributed by atoms with Crippen molar-refractivity contribution in [3.63, 3.8) is 0 Å². The van der Waals surface area contributed by atoms with Crippen LogP contribution in [0.1, 0.15) is 54.4 Å². The van der Waals surface area contributed by atoms with E-state index < -0.39 is 16.6 Å². The Morgan fingerprint density at radius 1 is 0.815 bits per heavy atom. The maximum Gasteiger partial charge on any atom is 0.193 e. The molecule has 0 radical (unpaired) electrons. The molecular weight excluding hydrogens is 409 g/mol. The topological polar surface area (TPSA) is 35.5 Å². The molecule has 1 aliphatic heterocycles. The molecular formula is C20H40O3S2Si2. The number of carbonyl (C=O) groups is 1. The molecule has 0 bridgehead atoms. The first-order valence-corrected chi connectivity index (χ1v) is 18.0. The quantitative estimate of drug-likeness (QED) is 0.471. The molecule has 0 unspecified atom stereocenters. The predicted octanol–water partition coefficient (Wildman–Crippen LogP) is 6.31. The van der Waals surface area contributed by atoms with Crippen LogP contribution in [0.5, 0.6) is 0 Å². The second-order valence-corrected chi connectivity index (χ2v) is 23.9. The Hall–Kier alpha value is 0.724. The minimum atomic E-state index is -2.01. The Morgan fingerprint density at radius 3 is 1.44 bits per heavy atom. The van der Waals surface area contributed by atoms with E-state index in [9.17, 15) is 4.79 Å². The van der Waals surface area contributed by atoms with Gasteiger partial charge in [-0.3, -0.25) is 4.79 Å². The van der Waals surface area contributed by atoms with Gasteiger partial charge in [-0.25, -0.2) is 0 Å². The second-order valence-electron chi connectivity index (χ2n) is 11.2. The lowest BCUT2D eigenvalue weighted by Crippen LogP contribution is -2.57. The van der Waals surface area contributed by atoms with E-state index in [0.717, 1.165) is 12.8 Å². The van der Waals surface area contributed by atoms with Gasteiger partial charge in [0.25, 0.3) is 0 Å². The zero-order valence-corrected chi connectivity index (χ0v) is 22.7. The Labute approximate surface area is 177 Å². The van der Waals surface area contributed by atoms with Crippen molar-refractivity contribution in [1.82, 2.24) is 0 Å². The van der Waals surface area contributed by atoms with Crippen LogP contribution in [-0.4, -0.2) is 50.2 Å². The zero-order chi connectivity index (χ0) is 20.9. The van der Waals surface area contributed by atoms with E-state index in [2.05, 4.69) is 67.7 Å². The van der Waals surface area contributed by atoms with E-state index in [1.807, 2.05) is 23.5 Å². The molecule has 7 heteroatoms. The highest BCUT2D eigenvalue weighted by Gasteiger charge is 2.53. The molecule has 0 aromatic carbocycles. The highest BCUT2D eigenvalue weighted by Crippen LogP contribution is 2.54. The highest BCUT2D eigenvalue weighted by molar-refractivity contribution is 8.21. The molecule has 0 amide bonds. The Morgan fingerprint density at radius 2 is 1.15 bits per heavy atom. The summed E-state index contributed by atoms with van der Waals surface area (Å²) in [7, 11) is -4.02. The predicted molar refractivity (Wildman–Crippen MR) is 126 cm³/mol. The standard InChI is InChI=1S/C20H40O3S2Si2/c1-18(2,3)26(7,8)22-15-13-20(24-11-12-25-20)14-16(17(15)21)23-27(9,10)19(4,5)6/h15-16H,11-14H2,1-10H3/t15-,16+. The van der Waals surface area contributed by atoms with Gasteiger partial charge in [-0.05, 0) is 36.3 Å². The van der Waals surface area contributed by atoms with E-state index in [4.69, 9.17) is 8.85 Å². The number of ketones is 1. The molecule has 0 aromatic heterocycles. The van der Waals surface area contributed by atoms with Crippen LogP contribution in [0.2, 0.25) is 36.3 Å². The van der Waals surface area contributed by atoms with Gasteiger partial charge in [-0.1, -0.05) is 41.5 Å². The minimum absolute atomic E-state index is 0.0912. The molecule has 2 aliphatic rings. The van der Waals surface area contributed by atoms with Crippen LogP contribution in [0.25, 0.3) is 0 Å². The van der Waals surface area contributed by atoms with E-state index >= 15 is 0 Å². The third-order valence-corrected chi connectivity index (χ3v) is 19.4. The number of carbonyl (C=O) groups excluding carboxylic acids is 1. The molecule has 158 valence electrons. The number of thioether (sulfide) groups is 2. The maximum absolute atomic E-state index is 13.5. The van der Waals surface area contributed by atoms with Crippen LogP contribution in [0.3, 0.4) is 0 Å². The lowest BCUT2D eigenvalue weighted by molar-refractivity contribution is -0.137. The van der Waals surface area contributed by atoms with Crippen LogP contribution in [0, 0.1) is 0 Å². The molecule has 0 N–H and O–H groups in total. The van der Waals surface area contributed by atoms with E-state index in [1.54, 1.807) is 0 Å². The lowest BCUT2D eigenvalue weighted by atomic mass is 9.93. The molecule has 3 nitrogen and oxygen atoms in total. The van der Waals surface area contributed by atoms with Crippen LogP contribution >= 0.6 is 23.5 Å². The summed E-state index contributed by atoms with van der Waals surface area (Å²) in [6.45, 7) is 22.4.